The van der Waals surface area contributed by atoms with Crippen molar-refractivity contribution < 1.29 is 4.74 Å². The molecule has 0 fully saturated rings. The van der Waals surface area contributed by atoms with Gasteiger partial charge < -0.3 is 9.64 Å². The number of ether oxygens (including phenoxy) is 1. The molecule has 5 heteroatoms. The molecule has 1 heterocycles. The molecule has 0 aliphatic heterocycles. The molecule has 0 unspecified atom stereocenters. The molecule has 0 N–H and O–H groups in total. The number of halogens is 1. The van der Waals surface area contributed by atoms with Gasteiger partial charge in [0.25, 0.3) is 0 Å². The third-order valence-electron chi connectivity index (χ3n) is 1.97. The van der Waals surface area contributed by atoms with Crippen molar-refractivity contribution in [3.63, 3.8) is 0 Å². The van der Waals surface area contributed by atoms with Gasteiger partial charge in [-0.1, -0.05) is 15.9 Å². The lowest BCUT2D eigenvalue weighted by Crippen LogP contribution is -2.30. The zero-order valence-electron chi connectivity index (χ0n) is 9.11. The second kappa shape index (κ2) is 6.74. The Morgan fingerprint density at radius 1 is 1.33 bits per heavy atom. The molecule has 0 aromatic carbocycles. The molecule has 1 aromatic heterocycles. The Balaban J connectivity index is 2.65. The number of aromatic nitrogens is 2. The lowest BCUT2D eigenvalue weighted by molar-refractivity contribution is 0.205. The number of aryl methyl sites for hydroxylation is 1. The summed E-state index contributed by atoms with van der Waals surface area (Å²) in [5, 5.41) is 0.897. The summed E-state index contributed by atoms with van der Waals surface area (Å²) in [7, 11) is 1.70. The topological polar surface area (TPSA) is 38.2 Å². The van der Waals surface area contributed by atoms with Crippen LogP contribution < -0.4 is 4.90 Å². The second-order valence-corrected chi connectivity index (χ2v) is 4.02. The van der Waals surface area contributed by atoms with Crippen molar-refractivity contribution in [1.29, 1.82) is 0 Å². The van der Waals surface area contributed by atoms with E-state index in [9.17, 15) is 0 Å². The summed E-state index contributed by atoms with van der Waals surface area (Å²) in [6, 6.07) is 0. The van der Waals surface area contributed by atoms with Crippen molar-refractivity contribution in [1.82, 2.24) is 9.97 Å². The monoisotopic (exact) mass is 273 g/mol. The largest absolute Gasteiger partial charge is 0.383 e. The summed E-state index contributed by atoms with van der Waals surface area (Å²) >= 11 is 3.42. The summed E-state index contributed by atoms with van der Waals surface area (Å²) in [6.07, 6.45) is 3.66. The minimum Gasteiger partial charge on any atom is -0.383 e. The van der Waals surface area contributed by atoms with Crippen LogP contribution in [0.2, 0.25) is 0 Å². The van der Waals surface area contributed by atoms with Gasteiger partial charge in [-0.3, -0.25) is 0 Å². The second-order valence-electron chi connectivity index (χ2n) is 3.23. The summed E-state index contributed by atoms with van der Waals surface area (Å²) in [5.74, 6) is 0.761. The molecular formula is C10H16BrN3O. The van der Waals surface area contributed by atoms with Crippen LogP contribution in [0.1, 0.15) is 5.56 Å². The van der Waals surface area contributed by atoms with Crippen molar-refractivity contribution in [2.75, 3.05) is 37.0 Å². The van der Waals surface area contributed by atoms with Crippen LogP contribution in [0.25, 0.3) is 0 Å². The van der Waals surface area contributed by atoms with Crippen LogP contribution in [0, 0.1) is 6.92 Å². The number of nitrogens with zero attached hydrogens (tertiary/aromatic N) is 3. The Labute approximate surface area is 98.8 Å². The molecule has 1 aromatic rings. The molecule has 0 aliphatic rings. The Hall–Kier alpha value is -0.680. The van der Waals surface area contributed by atoms with E-state index in [2.05, 4.69) is 30.8 Å². The fourth-order valence-electron chi connectivity index (χ4n) is 1.16. The van der Waals surface area contributed by atoms with Crippen molar-refractivity contribution >= 4 is 21.9 Å². The Bertz CT molecular complexity index is 279. The van der Waals surface area contributed by atoms with Crippen LogP contribution in [0.5, 0.6) is 0 Å². The molecule has 0 bridgehead atoms. The first-order valence-corrected chi connectivity index (χ1v) is 5.98. The predicted octanol–water partition coefficient (Wildman–Crippen LogP) is 1.63. The van der Waals surface area contributed by atoms with E-state index in [0.717, 1.165) is 29.9 Å². The fourth-order valence-corrected chi connectivity index (χ4v) is 1.59. The summed E-state index contributed by atoms with van der Waals surface area (Å²) < 4.78 is 5.05. The minimum atomic E-state index is 0.685. The third kappa shape index (κ3) is 4.13. The normalized spacial score (nSPS) is 10.3. The van der Waals surface area contributed by atoms with E-state index in [-0.39, 0.29) is 0 Å². The highest BCUT2D eigenvalue weighted by Gasteiger charge is 2.07. The van der Waals surface area contributed by atoms with Crippen LogP contribution in [0.15, 0.2) is 12.4 Å². The molecule has 0 atom stereocenters. The zero-order valence-corrected chi connectivity index (χ0v) is 10.7. The molecular weight excluding hydrogens is 258 g/mol. The molecule has 1 rings (SSSR count). The molecule has 0 saturated heterocycles. The van der Waals surface area contributed by atoms with Gasteiger partial charge in [0.1, 0.15) is 0 Å². The van der Waals surface area contributed by atoms with Gasteiger partial charge in [0.05, 0.1) is 6.61 Å². The molecule has 0 saturated carbocycles. The molecule has 0 aliphatic carbocycles. The average Bonchev–Trinajstić information content (AvgIpc) is 2.25. The first kappa shape index (κ1) is 12.4. The highest BCUT2D eigenvalue weighted by molar-refractivity contribution is 9.09. The quantitative estimate of drug-likeness (QED) is 0.739. The Morgan fingerprint density at radius 2 is 2.00 bits per heavy atom. The van der Waals surface area contributed by atoms with Crippen LogP contribution in [0.3, 0.4) is 0 Å². The number of rotatable bonds is 6. The minimum absolute atomic E-state index is 0.685. The van der Waals surface area contributed by atoms with Gasteiger partial charge in [0.2, 0.25) is 5.95 Å². The van der Waals surface area contributed by atoms with E-state index in [1.807, 2.05) is 19.3 Å². The lowest BCUT2D eigenvalue weighted by atomic mass is 10.4. The van der Waals surface area contributed by atoms with E-state index in [4.69, 9.17) is 4.74 Å². The molecule has 84 valence electrons. The molecule has 0 radical (unpaired) electrons. The first-order valence-electron chi connectivity index (χ1n) is 4.86. The highest BCUT2D eigenvalue weighted by atomic mass is 79.9. The van der Waals surface area contributed by atoms with Gasteiger partial charge >= 0.3 is 0 Å². The predicted molar refractivity (Wildman–Crippen MR) is 64.7 cm³/mol. The highest BCUT2D eigenvalue weighted by Crippen LogP contribution is 2.06. The first-order chi connectivity index (χ1) is 7.27. The van der Waals surface area contributed by atoms with E-state index in [1.165, 1.54) is 0 Å². The fraction of sp³-hybridized carbons (Fsp3) is 0.600. The average molecular weight is 274 g/mol. The van der Waals surface area contributed by atoms with Gasteiger partial charge in [0, 0.05) is 37.9 Å². The maximum absolute atomic E-state index is 5.05. The third-order valence-corrected chi connectivity index (χ3v) is 2.32. The van der Waals surface area contributed by atoms with Crippen LogP contribution in [0.4, 0.5) is 5.95 Å². The van der Waals surface area contributed by atoms with Crippen molar-refractivity contribution in [3.05, 3.63) is 18.0 Å². The smallest absolute Gasteiger partial charge is 0.225 e. The van der Waals surface area contributed by atoms with Gasteiger partial charge in [-0.05, 0) is 12.5 Å². The van der Waals surface area contributed by atoms with E-state index in [1.54, 1.807) is 7.11 Å². The van der Waals surface area contributed by atoms with Crippen molar-refractivity contribution in [3.8, 4) is 0 Å². The van der Waals surface area contributed by atoms with E-state index in [0.29, 0.717) is 6.61 Å². The van der Waals surface area contributed by atoms with Crippen LogP contribution in [-0.2, 0) is 4.74 Å². The van der Waals surface area contributed by atoms with Crippen LogP contribution in [-0.4, -0.2) is 42.1 Å². The maximum Gasteiger partial charge on any atom is 0.225 e. The Kier molecular flexibility index (Phi) is 5.57. The van der Waals surface area contributed by atoms with Crippen molar-refractivity contribution in [2.45, 2.75) is 6.92 Å². The van der Waals surface area contributed by atoms with Gasteiger partial charge in [-0.25, -0.2) is 9.97 Å². The van der Waals surface area contributed by atoms with Crippen LogP contribution >= 0.6 is 15.9 Å². The number of methoxy groups -OCH3 is 1. The van der Waals surface area contributed by atoms with Gasteiger partial charge in [-0.15, -0.1) is 0 Å². The van der Waals surface area contributed by atoms with Crippen molar-refractivity contribution in [2.24, 2.45) is 0 Å². The SMILES string of the molecule is COCCN(CCBr)c1ncc(C)cn1. The van der Waals surface area contributed by atoms with Gasteiger partial charge in [-0.2, -0.15) is 0 Å². The number of anilines is 1. The summed E-state index contributed by atoms with van der Waals surface area (Å²) in [5.41, 5.74) is 1.07. The summed E-state index contributed by atoms with van der Waals surface area (Å²) in [6.45, 7) is 4.36. The zero-order chi connectivity index (χ0) is 11.1. The summed E-state index contributed by atoms with van der Waals surface area (Å²) in [4.78, 5) is 10.7. The number of alkyl halides is 1. The lowest BCUT2D eigenvalue weighted by Gasteiger charge is -2.20. The molecule has 4 nitrogen and oxygen atoms in total. The molecule has 0 amide bonds. The molecule has 15 heavy (non-hydrogen) atoms. The maximum atomic E-state index is 5.05. The van der Waals surface area contributed by atoms with E-state index < -0.39 is 0 Å². The Morgan fingerprint density at radius 3 is 2.53 bits per heavy atom. The molecule has 0 spiro atoms. The number of hydrogen-bond acceptors (Lipinski definition) is 4. The van der Waals surface area contributed by atoms with E-state index >= 15 is 0 Å². The van der Waals surface area contributed by atoms with Gasteiger partial charge in [0.15, 0.2) is 0 Å². The number of hydrogen-bond donors (Lipinski definition) is 0. The standard InChI is InChI=1S/C10H16BrN3O/c1-9-7-12-10(13-8-9)14(4-3-11)5-6-15-2/h7-8H,3-6H2,1-2H3.